The highest BCUT2D eigenvalue weighted by molar-refractivity contribution is 7.85. The van der Waals surface area contributed by atoms with Crippen molar-refractivity contribution in [2.24, 2.45) is 0 Å². The fourth-order valence-corrected chi connectivity index (χ4v) is 3.98. The number of rotatable bonds is 6. The van der Waals surface area contributed by atoms with Gasteiger partial charge in [0.05, 0.1) is 10.8 Å². The summed E-state index contributed by atoms with van der Waals surface area (Å²) in [5.74, 6) is -0.888. The molecule has 1 amide bonds. The van der Waals surface area contributed by atoms with Crippen molar-refractivity contribution < 1.29 is 18.9 Å². The Morgan fingerprint density at radius 1 is 1.25 bits per heavy atom. The topological polar surface area (TPSA) is 74.7 Å². The maximum absolute atomic E-state index is 12.8. The molecule has 0 radical (unpaired) electrons. The standard InChI is InChI=1S/C18H25NO4S/c1-13(2)24(23)16-9-6-14(7-10-16)18(22)19-12-4-3-5-15(19)8-11-17(20)21/h6-7,9-10,13,15H,3-5,8,11-12H2,1-2H3,(H,20,21). The molecule has 2 unspecified atom stereocenters. The van der Waals surface area contributed by atoms with E-state index in [2.05, 4.69) is 0 Å². The number of hydrogen-bond acceptors (Lipinski definition) is 3. The van der Waals surface area contributed by atoms with Crippen molar-refractivity contribution in [3.05, 3.63) is 29.8 Å². The molecular formula is C18H25NO4S. The molecule has 132 valence electrons. The van der Waals surface area contributed by atoms with E-state index >= 15 is 0 Å². The largest absolute Gasteiger partial charge is 0.481 e. The van der Waals surface area contributed by atoms with E-state index in [-0.39, 0.29) is 23.6 Å². The summed E-state index contributed by atoms with van der Waals surface area (Å²) in [6, 6.07) is 6.94. The third kappa shape index (κ3) is 4.66. The lowest BCUT2D eigenvalue weighted by Crippen LogP contribution is -2.44. The van der Waals surface area contributed by atoms with E-state index < -0.39 is 16.8 Å². The van der Waals surface area contributed by atoms with Crippen molar-refractivity contribution in [1.29, 1.82) is 0 Å². The van der Waals surface area contributed by atoms with Gasteiger partial charge < -0.3 is 10.0 Å². The number of carboxylic acid groups (broad SMARTS) is 1. The zero-order valence-electron chi connectivity index (χ0n) is 14.2. The second kappa shape index (κ2) is 8.42. The molecule has 6 heteroatoms. The molecular weight excluding hydrogens is 326 g/mol. The molecule has 1 aromatic carbocycles. The van der Waals surface area contributed by atoms with Crippen LogP contribution in [0.4, 0.5) is 0 Å². The monoisotopic (exact) mass is 351 g/mol. The van der Waals surface area contributed by atoms with Crippen LogP contribution in [0, 0.1) is 0 Å². The van der Waals surface area contributed by atoms with E-state index in [1.807, 2.05) is 13.8 Å². The molecule has 2 atom stereocenters. The average molecular weight is 351 g/mol. The van der Waals surface area contributed by atoms with Gasteiger partial charge >= 0.3 is 5.97 Å². The molecule has 1 aliphatic heterocycles. The van der Waals surface area contributed by atoms with Crippen LogP contribution in [-0.2, 0) is 15.6 Å². The van der Waals surface area contributed by atoms with Gasteiger partial charge in [0, 0.05) is 34.7 Å². The van der Waals surface area contributed by atoms with Gasteiger partial charge in [-0.05, 0) is 49.9 Å². The number of aliphatic carboxylic acids is 1. The van der Waals surface area contributed by atoms with Crippen molar-refractivity contribution in [1.82, 2.24) is 4.90 Å². The van der Waals surface area contributed by atoms with Crippen molar-refractivity contribution >= 4 is 22.7 Å². The molecule has 1 N–H and O–H groups in total. The Kier molecular flexibility index (Phi) is 6.54. The number of carbonyl (C=O) groups is 2. The van der Waals surface area contributed by atoms with E-state index in [1.54, 1.807) is 29.2 Å². The number of nitrogens with zero attached hydrogens (tertiary/aromatic N) is 1. The van der Waals surface area contributed by atoms with Gasteiger partial charge in [0.2, 0.25) is 0 Å². The molecule has 0 aromatic heterocycles. The van der Waals surface area contributed by atoms with Crippen molar-refractivity contribution in [2.45, 2.75) is 62.1 Å². The van der Waals surface area contributed by atoms with Crippen LogP contribution in [0.2, 0.25) is 0 Å². The first-order valence-corrected chi connectivity index (χ1v) is 9.65. The van der Waals surface area contributed by atoms with Gasteiger partial charge in [-0.15, -0.1) is 0 Å². The van der Waals surface area contributed by atoms with Crippen LogP contribution in [0.5, 0.6) is 0 Å². The molecule has 0 aliphatic carbocycles. The highest BCUT2D eigenvalue weighted by Gasteiger charge is 2.27. The minimum Gasteiger partial charge on any atom is -0.481 e. The SMILES string of the molecule is CC(C)S(=O)c1ccc(C(=O)N2CCCCC2CCC(=O)O)cc1. The van der Waals surface area contributed by atoms with Crippen LogP contribution in [0.25, 0.3) is 0 Å². The molecule has 5 nitrogen and oxygen atoms in total. The van der Waals surface area contributed by atoms with Crippen molar-refractivity contribution in [3.63, 3.8) is 0 Å². The molecule has 1 saturated heterocycles. The number of likely N-dealkylation sites (tertiary alicyclic amines) is 1. The van der Waals surface area contributed by atoms with Gasteiger partial charge in [-0.1, -0.05) is 13.8 Å². The quantitative estimate of drug-likeness (QED) is 0.855. The molecule has 1 fully saturated rings. The smallest absolute Gasteiger partial charge is 0.303 e. The minimum absolute atomic E-state index is 0.00757. The number of hydrogen-bond donors (Lipinski definition) is 1. The van der Waals surface area contributed by atoms with Gasteiger partial charge in [0.25, 0.3) is 5.91 Å². The molecule has 0 spiro atoms. The van der Waals surface area contributed by atoms with E-state index in [0.717, 1.165) is 24.2 Å². The summed E-state index contributed by atoms with van der Waals surface area (Å²) >= 11 is 0. The normalized spacial score (nSPS) is 19.3. The molecule has 24 heavy (non-hydrogen) atoms. The Balaban J connectivity index is 2.10. The summed E-state index contributed by atoms with van der Waals surface area (Å²) in [6.45, 7) is 4.47. The first kappa shape index (κ1) is 18.6. The number of benzene rings is 1. The molecule has 1 heterocycles. The van der Waals surface area contributed by atoms with Crippen LogP contribution in [0.15, 0.2) is 29.2 Å². The van der Waals surface area contributed by atoms with Crippen LogP contribution in [-0.4, -0.2) is 43.9 Å². The number of carbonyl (C=O) groups excluding carboxylic acids is 1. The van der Waals surface area contributed by atoms with Crippen molar-refractivity contribution in [3.8, 4) is 0 Å². The highest BCUT2D eigenvalue weighted by atomic mass is 32.2. The van der Waals surface area contributed by atoms with Crippen LogP contribution >= 0.6 is 0 Å². The first-order chi connectivity index (χ1) is 11.4. The van der Waals surface area contributed by atoms with E-state index in [0.29, 0.717) is 18.5 Å². The predicted octanol–water partition coefficient (Wildman–Crippen LogP) is 3.06. The second-order valence-electron chi connectivity index (χ2n) is 6.45. The zero-order chi connectivity index (χ0) is 17.7. The van der Waals surface area contributed by atoms with E-state index in [4.69, 9.17) is 5.11 Å². The number of carboxylic acids is 1. The maximum Gasteiger partial charge on any atom is 0.303 e. The van der Waals surface area contributed by atoms with Crippen LogP contribution in [0.3, 0.4) is 0 Å². The predicted molar refractivity (Wildman–Crippen MR) is 93.5 cm³/mol. The highest BCUT2D eigenvalue weighted by Crippen LogP contribution is 2.23. The fourth-order valence-electron chi connectivity index (χ4n) is 3.03. The molecule has 0 saturated carbocycles. The van der Waals surface area contributed by atoms with Crippen LogP contribution < -0.4 is 0 Å². The van der Waals surface area contributed by atoms with Crippen molar-refractivity contribution in [2.75, 3.05) is 6.54 Å². The Labute approximate surface area is 145 Å². The summed E-state index contributed by atoms with van der Waals surface area (Å²) < 4.78 is 12.1. The van der Waals surface area contributed by atoms with E-state index in [9.17, 15) is 13.8 Å². The molecule has 0 bridgehead atoms. The van der Waals surface area contributed by atoms with Gasteiger partial charge in [-0.25, -0.2) is 0 Å². The molecule has 2 rings (SSSR count). The van der Waals surface area contributed by atoms with E-state index in [1.165, 1.54) is 0 Å². The summed E-state index contributed by atoms with van der Waals surface area (Å²) in [6.07, 6.45) is 3.41. The van der Waals surface area contributed by atoms with Gasteiger partial charge in [-0.2, -0.15) is 0 Å². The Hall–Kier alpha value is -1.69. The lowest BCUT2D eigenvalue weighted by atomic mass is 9.97. The first-order valence-electron chi connectivity index (χ1n) is 8.43. The minimum atomic E-state index is -1.07. The molecule has 1 aliphatic rings. The Morgan fingerprint density at radius 3 is 2.50 bits per heavy atom. The number of piperidine rings is 1. The lowest BCUT2D eigenvalue weighted by Gasteiger charge is -2.35. The average Bonchev–Trinajstić information content (AvgIpc) is 2.59. The second-order valence-corrected chi connectivity index (χ2v) is 8.46. The summed E-state index contributed by atoms with van der Waals surface area (Å²) in [7, 11) is -1.07. The summed E-state index contributed by atoms with van der Waals surface area (Å²) in [4.78, 5) is 26.1. The van der Waals surface area contributed by atoms with Gasteiger partial charge in [0.15, 0.2) is 0 Å². The third-order valence-corrected chi connectivity index (χ3v) is 5.93. The molecule has 1 aromatic rings. The van der Waals surface area contributed by atoms with Crippen LogP contribution in [0.1, 0.15) is 56.3 Å². The third-order valence-electron chi connectivity index (χ3n) is 4.34. The zero-order valence-corrected chi connectivity index (χ0v) is 15.1. The number of amides is 1. The van der Waals surface area contributed by atoms with Gasteiger partial charge in [-0.3, -0.25) is 13.8 Å². The fraction of sp³-hybridized carbons (Fsp3) is 0.556. The Bertz CT molecular complexity index is 612. The summed E-state index contributed by atoms with van der Waals surface area (Å²) in [5, 5.41) is 8.92. The lowest BCUT2D eigenvalue weighted by molar-refractivity contribution is -0.137. The maximum atomic E-state index is 12.8. The Morgan fingerprint density at radius 2 is 1.92 bits per heavy atom. The summed E-state index contributed by atoms with van der Waals surface area (Å²) in [5.41, 5.74) is 0.571. The van der Waals surface area contributed by atoms with Gasteiger partial charge in [0.1, 0.15) is 0 Å².